The molecule has 22 heavy (non-hydrogen) atoms. The second kappa shape index (κ2) is 4.61. The molecular weight excluding hydrogens is 322 g/mol. The standard InChI is InChI=1S/C13H18F2O6S/c14-13(15,10(16)17)22(19,20)21-7-11-2-8-1-9(3-11)5-12(18,4-8)6-11/h8-9,18H,1-7H2,(H,16,17). The van der Waals surface area contributed by atoms with Crippen LogP contribution >= 0.6 is 0 Å². The summed E-state index contributed by atoms with van der Waals surface area (Å²) in [5, 5.41) is 13.9. The van der Waals surface area contributed by atoms with Gasteiger partial charge >= 0.3 is 21.3 Å². The molecule has 0 aromatic rings. The summed E-state index contributed by atoms with van der Waals surface area (Å²) in [5.41, 5.74) is -1.52. The number of aliphatic carboxylic acids is 1. The van der Waals surface area contributed by atoms with Gasteiger partial charge in [0.1, 0.15) is 0 Å². The van der Waals surface area contributed by atoms with E-state index in [1.54, 1.807) is 0 Å². The highest BCUT2D eigenvalue weighted by molar-refractivity contribution is 7.88. The van der Waals surface area contributed by atoms with Gasteiger partial charge in [-0.25, -0.2) is 4.79 Å². The van der Waals surface area contributed by atoms with Crippen LogP contribution < -0.4 is 0 Å². The predicted octanol–water partition coefficient (Wildman–Crippen LogP) is 1.34. The van der Waals surface area contributed by atoms with Crippen LogP contribution in [-0.2, 0) is 19.1 Å². The quantitative estimate of drug-likeness (QED) is 0.733. The third-order valence-electron chi connectivity index (χ3n) is 5.23. The van der Waals surface area contributed by atoms with Crippen molar-refractivity contribution < 1.29 is 36.4 Å². The fourth-order valence-corrected chi connectivity index (χ4v) is 5.72. The number of alkyl halides is 2. The van der Waals surface area contributed by atoms with Crippen molar-refractivity contribution in [3.63, 3.8) is 0 Å². The van der Waals surface area contributed by atoms with E-state index in [9.17, 15) is 27.1 Å². The van der Waals surface area contributed by atoms with Gasteiger partial charge in [-0.3, -0.25) is 4.18 Å². The summed E-state index contributed by atoms with van der Waals surface area (Å²) in [5.74, 6) is -2.26. The molecule has 4 rings (SSSR count). The van der Waals surface area contributed by atoms with Gasteiger partial charge in [0.05, 0.1) is 12.2 Å². The third-order valence-corrected chi connectivity index (χ3v) is 6.47. The lowest BCUT2D eigenvalue weighted by Crippen LogP contribution is -2.57. The van der Waals surface area contributed by atoms with E-state index in [2.05, 4.69) is 4.18 Å². The van der Waals surface area contributed by atoms with Gasteiger partial charge < -0.3 is 10.2 Å². The zero-order chi connectivity index (χ0) is 16.4. The van der Waals surface area contributed by atoms with Gasteiger partial charge in [0.25, 0.3) is 0 Å². The molecule has 4 aliphatic carbocycles. The van der Waals surface area contributed by atoms with Crippen molar-refractivity contribution in [1.29, 1.82) is 0 Å². The number of carboxylic acids is 1. The maximum absolute atomic E-state index is 13.2. The molecule has 4 aliphatic rings. The highest BCUT2D eigenvalue weighted by Crippen LogP contribution is 2.61. The molecular formula is C13H18F2O6S. The maximum Gasteiger partial charge on any atom is 0.465 e. The van der Waals surface area contributed by atoms with Crippen LogP contribution in [0.1, 0.15) is 38.5 Å². The predicted molar refractivity (Wildman–Crippen MR) is 69.5 cm³/mol. The molecule has 0 heterocycles. The van der Waals surface area contributed by atoms with Crippen LogP contribution in [0.5, 0.6) is 0 Å². The summed E-state index contributed by atoms with van der Waals surface area (Å²) >= 11 is 0. The molecule has 126 valence electrons. The normalized spacial score (nSPS) is 40.9. The molecule has 0 saturated heterocycles. The zero-order valence-electron chi connectivity index (χ0n) is 11.8. The van der Waals surface area contributed by atoms with Crippen LogP contribution in [0.15, 0.2) is 0 Å². The Hall–Kier alpha value is -0.800. The number of carbonyl (C=O) groups is 1. The van der Waals surface area contributed by atoms with Gasteiger partial charge in [-0.05, 0) is 55.8 Å². The summed E-state index contributed by atoms with van der Waals surface area (Å²) in [6.07, 6.45) is 3.84. The number of halogens is 2. The highest BCUT2D eigenvalue weighted by atomic mass is 32.2. The minimum Gasteiger partial charge on any atom is -0.476 e. The second-order valence-electron chi connectivity index (χ2n) is 7.22. The number of rotatable bonds is 5. The molecule has 2 unspecified atom stereocenters. The Morgan fingerprint density at radius 2 is 1.77 bits per heavy atom. The van der Waals surface area contributed by atoms with Crippen molar-refractivity contribution in [2.24, 2.45) is 17.3 Å². The largest absolute Gasteiger partial charge is 0.476 e. The molecule has 0 aromatic carbocycles. The van der Waals surface area contributed by atoms with Gasteiger partial charge in [-0.1, -0.05) is 0 Å². The molecule has 0 aliphatic heterocycles. The average molecular weight is 340 g/mol. The Kier molecular flexibility index (Phi) is 3.37. The fourth-order valence-electron chi connectivity index (χ4n) is 4.95. The van der Waals surface area contributed by atoms with Gasteiger partial charge in [-0.2, -0.15) is 17.2 Å². The van der Waals surface area contributed by atoms with Crippen LogP contribution in [0.2, 0.25) is 0 Å². The van der Waals surface area contributed by atoms with Crippen LogP contribution in [0.4, 0.5) is 8.78 Å². The minimum absolute atomic E-state index is 0.248. The van der Waals surface area contributed by atoms with Gasteiger partial charge in [0, 0.05) is 0 Å². The van der Waals surface area contributed by atoms with E-state index in [-0.39, 0.29) is 11.8 Å². The SMILES string of the molecule is O=C(O)C(F)(F)S(=O)(=O)OCC12CC3CC(CC(O)(C3)C1)C2. The van der Waals surface area contributed by atoms with Crippen molar-refractivity contribution in [2.75, 3.05) is 6.61 Å². The Bertz CT molecular complexity index is 588. The molecule has 4 saturated carbocycles. The van der Waals surface area contributed by atoms with Gasteiger partial charge in [-0.15, -0.1) is 0 Å². The second-order valence-corrected chi connectivity index (χ2v) is 8.88. The summed E-state index contributed by atoms with van der Waals surface area (Å²) in [4.78, 5) is 10.4. The highest BCUT2D eigenvalue weighted by Gasteiger charge is 2.59. The molecule has 0 spiro atoms. The van der Waals surface area contributed by atoms with E-state index in [0.717, 1.165) is 6.42 Å². The summed E-state index contributed by atoms with van der Waals surface area (Å²) in [7, 11) is -5.54. The topological polar surface area (TPSA) is 101 Å². The number of aliphatic hydroxyl groups is 1. The monoisotopic (exact) mass is 340 g/mol. The maximum atomic E-state index is 13.2. The third kappa shape index (κ3) is 2.43. The summed E-state index contributed by atoms with van der Waals surface area (Å²) < 4.78 is 53.7. The minimum atomic E-state index is -5.54. The Labute approximate surface area is 126 Å². The molecule has 9 heteroatoms. The first-order valence-corrected chi connectivity index (χ1v) is 8.60. The first kappa shape index (κ1) is 16.1. The lowest BCUT2D eigenvalue weighted by molar-refractivity contribution is -0.173. The van der Waals surface area contributed by atoms with E-state index < -0.39 is 39.0 Å². The molecule has 0 aromatic heterocycles. The lowest BCUT2D eigenvalue weighted by atomic mass is 9.48. The van der Waals surface area contributed by atoms with Gasteiger partial charge in [0.15, 0.2) is 0 Å². The Morgan fingerprint density at radius 3 is 2.23 bits per heavy atom. The van der Waals surface area contributed by atoms with E-state index in [1.807, 2.05) is 0 Å². The van der Waals surface area contributed by atoms with Crippen LogP contribution in [0.25, 0.3) is 0 Å². The lowest BCUT2D eigenvalue weighted by Gasteiger charge is -2.60. The molecule has 2 atom stereocenters. The number of hydrogen-bond donors (Lipinski definition) is 2. The molecule has 4 fully saturated rings. The Morgan fingerprint density at radius 1 is 1.23 bits per heavy atom. The van der Waals surface area contributed by atoms with Crippen molar-refractivity contribution >= 4 is 16.1 Å². The Balaban J connectivity index is 1.76. The first-order valence-electron chi connectivity index (χ1n) is 7.20. The fraction of sp³-hybridized carbons (Fsp3) is 0.923. The first-order chi connectivity index (χ1) is 9.97. The van der Waals surface area contributed by atoms with Crippen molar-refractivity contribution in [3.8, 4) is 0 Å². The van der Waals surface area contributed by atoms with Crippen LogP contribution in [0, 0.1) is 17.3 Å². The molecule has 6 nitrogen and oxygen atoms in total. The number of carboxylic acid groups (broad SMARTS) is 1. The summed E-state index contributed by atoms with van der Waals surface area (Å²) in [6, 6.07) is 0. The van der Waals surface area contributed by atoms with Gasteiger partial charge in [0.2, 0.25) is 0 Å². The van der Waals surface area contributed by atoms with Crippen molar-refractivity contribution in [1.82, 2.24) is 0 Å². The zero-order valence-corrected chi connectivity index (χ0v) is 12.6. The molecule has 4 bridgehead atoms. The molecule has 0 radical (unpaired) electrons. The van der Waals surface area contributed by atoms with E-state index in [1.165, 1.54) is 0 Å². The van der Waals surface area contributed by atoms with E-state index >= 15 is 0 Å². The van der Waals surface area contributed by atoms with Crippen LogP contribution in [0.3, 0.4) is 0 Å². The molecule has 2 N–H and O–H groups in total. The average Bonchev–Trinajstić information content (AvgIpc) is 2.33. The van der Waals surface area contributed by atoms with E-state index in [4.69, 9.17) is 5.11 Å². The van der Waals surface area contributed by atoms with Crippen molar-refractivity contribution in [3.05, 3.63) is 0 Å². The van der Waals surface area contributed by atoms with E-state index in [0.29, 0.717) is 32.1 Å². The molecule has 0 amide bonds. The van der Waals surface area contributed by atoms with Crippen LogP contribution in [-0.4, -0.2) is 42.1 Å². The smallest absolute Gasteiger partial charge is 0.465 e. The number of hydrogen-bond acceptors (Lipinski definition) is 5. The summed E-state index contributed by atoms with van der Waals surface area (Å²) in [6.45, 7) is -0.493. The van der Waals surface area contributed by atoms with Crippen molar-refractivity contribution in [2.45, 2.75) is 49.4 Å².